The molecular weight excluding hydrogens is 1170 g/mol. The molecule has 0 saturated carbocycles. The van der Waals surface area contributed by atoms with E-state index in [1.54, 1.807) is 0 Å². The summed E-state index contributed by atoms with van der Waals surface area (Å²) in [4.78, 5) is 24.4. The summed E-state index contributed by atoms with van der Waals surface area (Å²) in [5, 5.41) is 0. The van der Waals surface area contributed by atoms with E-state index in [-0.39, 0.29) is 20.1 Å². The predicted octanol–water partition coefficient (Wildman–Crippen LogP) is 14.9. The molecular formula is C84H63B3N6O3. The molecule has 6 aliphatic rings. The molecule has 19 rings (SSSR count). The van der Waals surface area contributed by atoms with Crippen LogP contribution in [0, 0.1) is 62.3 Å². The summed E-state index contributed by atoms with van der Waals surface area (Å²) >= 11 is 0. The predicted molar refractivity (Wildman–Crippen MR) is 396 cm³/mol. The second-order valence-corrected chi connectivity index (χ2v) is 27.5. The van der Waals surface area contributed by atoms with Crippen molar-refractivity contribution < 1.29 is 14.2 Å². The Hall–Kier alpha value is -11.4. The minimum atomic E-state index is -0.156. The van der Waals surface area contributed by atoms with Crippen LogP contribution in [-0.2, 0) is 0 Å². The van der Waals surface area contributed by atoms with Gasteiger partial charge < -0.3 is 28.9 Å². The first-order valence-electron chi connectivity index (χ1n) is 33.3. The minimum Gasteiger partial charge on any atom is -0.458 e. The van der Waals surface area contributed by atoms with E-state index < -0.39 is 0 Å². The van der Waals surface area contributed by atoms with Gasteiger partial charge in [-0.25, -0.2) is 15.0 Å². The topological polar surface area (TPSA) is 76.1 Å². The largest absolute Gasteiger partial charge is 0.458 e. The molecule has 0 aliphatic carbocycles. The Morgan fingerprint density at radius 2 is 0.500 bits per heavy atom. The number of aryl methyl sites for hydroxylation is 9. The highest BCUT2D eigenvalue weighted by molar-refractivity contribution is 7.01. The van der Waals surface area contributed by atoms with Crippen LogP contribution in [-0.4, -0.2) is 35.1 Å². The molecule has 0 unspecified atom stereocenters. The minimum absolute atomic E-state index is 0.156. The smallest absolute Gasteiger partial charge is 0.256 e. The number of benzene rings is 12. The van der Waals surface area contributed by atoms with Gasteiger partial charge >= 0.3 is 0 Å². The van der Waals surface area contributed by atoms with Crippen molar-refractivity contribution in [1.82, 2.24) is 15.0 Å². The van der Waals surface area contributed by atoms with Crippen LogP contribution in [0.4, 0.5) is 51.2 Å². The van der Waals surface area contributed by atoms with E-state index in [0.29, 0.717) is 17.5 Å². The third-order valence-corrected chi connectivity index (χ3v) is 20.5. The maximum absolute atomic E-state index is 6.95. The van der Waals surface area contributed by atoms with E-state index in [2.05, 4.69) is 295 Å². The van der Waals surface area contributed by atoms with Crippen molar-refractivity contribution in [2.75, 3.05) is 14.7 Å². The molecule has 0 spiro atoms. The van der Waals surface area contributed by atoms with Crippen LogP contribution in [0.3, 0.4) is 0 Å². The summed E-state index contributed by atoms with van der Waals surface area (Å²) in [6.07, 6.45) is 0. The van der Waals surface area contributed by atoms with E-state index in [9.17, 15) is 0 Å². The first-order valence-corrected chi connectivity index (χ1v) is 33.3. The number of fused-ring (bicyclic) bond motifs is 12. The van der Waals surface area contributed by atoms with Gasteiger partial charge in [-0.05, 0) is 256 Å². The SMILES string of the molecule is Cc1ccc(N2c3ccc(-c4nc(-c5ccc6c(c5)B5c7cc(C)ccc7Oc7cc(C)cc(c75)N6c5ccc(C)cc5)nc(-c5ccc6c(c5)B5c7cc(C)ccc7Oc7cc(C)cc(c75)N6c5ccc(C)cc5)n4)cc3B3c4cc(C)ccc4Oc4cc(C)cc2c43)cc1. The van der Waals surface area contributed by atoms with Crippen LogP contribution in [0.25, 0.3) is 34.2 Å². The highest BCUT2D eigenvalue weighted by atomic mass is 16.5. The summed E-state index contributed by atoms with van der Waals surface area (Å²) < 4.78 is 20.8. The Kier molecular flexibility index (Phi) is 12.2. The van der Waals surface area contributed by atoms with Gasteiger partial charge in [0.15, 0.2) is 17.5 Å². The lowest BCUT2D eigenvalue weighted by Gasteiger charge is -2.40. The van der Waals surface area contributed by atoms with Crippen LogP contribution in [0.15, 0.2) is 218 Å². The summed E-state index contributed by atoms with van der Waals surface area (Å²) in [7, 11) is 0. The third kappa shape index (κ3) is 8.63. The van der Waals surface area contributed by atoms with Gasteiger partial charge in [-0.15, -0.1) is 0 Å². The molecule has 0 saturated heterocycles. The van der Waals surface area contributed by atoms with Gasteiger partial charge in [-0.1, -0.05) is 124 Å². The molecule has 13 aromatic rings. The fraction of sp³-hybridized carbons (Fsp3) is 0.107. The van der Waals surface area contributed by atoms with Crippen LogP contribution in [0.2, 0.25) is 0 Å². The van der Waals surface area contributed by atoms with Crippen molar-refractivity contribution in [3.05, 3.63) is 268 Å². The number of anilines is 9. The zero-order valence-electron chi connectivity index (χ0n) is 54.9. The van der Waals surface area contributed by atoms with Gasteiger partial charge in [-0.3, -0.25) is 0 Å². The van der Waals surface area contributed by atoms with Gasteiger partial charge in [0.1, 0.15) is 34.5 Å². The molecule has 6 aliphatic heterocycles. The molecule has 0 N–H and O–H groups in total. The standard InChI is InChI=1S/C84H63B3N6O3/c1-46-10-22-58(23-11-46)91-67-28-19-55(43-61(67)85-64-34-49(4)16-31-73(64)94-76-40-52(7)37-70(91)79(76)85)82-88-83(56-20-29-68-62(44-56)86-65-35-50(5)17-32-74(65)95-77-41-53(8)38-71(80(77)86)92(68)59-24-12-47(2)13-25-59)90-84(89-82)57-21-30-69-63(45-57)87-66-36-51(6)18-33-75(66)96-78-42-54(9)39-72(81(78)87)93(69)60-26-14-48(3)15-27-60/h10-45H,1-9H3. The van der Waals surface area contributed by atoms with Gasteiger partial charge in [0, 0.05) is 67.9 Å². The van der Waals surface area contributed by atoms with Crippen molar-refractivity contribution in [3.8, 4) is 68.7 Å². The fourth-order valence-corrected chi connectivity index (χ4v) is 16.1. The van der Waals surface area contributed by atoms with E-state index in [0.717, 1.165) is 168 Å². The highest BCUT2D eigenvalue weighted by Gasteiger charge is 2.46. The van der Waals surface area contributed by atoms with Crippen molar-refractivity contribution in [1.29, 1.82) is 0 Å². The van der Waals surface area contributed by atoms with Crippen LogP contribution >= 0.6 is 0 Å². The monoisotopic (exact) mass is 1240 g/mol. The Morgan fingerprint density at radius 1 is 0.229 bits per heavy atom. The maximum Gasteiger partial charge on any atom is 0.256 e. The maximum atomic E-state index is 6.95. The molecule has 12 aromatic carbocycles. The zero-order chi connectivity index (χ0) is 64.7. The Morgan fingerprint density at radius 3 is 0.781 bits per heavy atom. The van der Waals surface area contributed by atoms with E-state index in [1.807, 2.05) is 0 Å². The second-order valence-electron chi connectivity index (χ2n) is 27.5. The Balaban J connectivity index is 0.860. The average Bonchev–Trinajstić information content (AvgIpc) is 0.725. The normalized spacial score (nSPS) is 13.6. The molecule has 0 bridgehead atoms. The van der Waals surface area contributed by atoms with Crippen molar-refractivity contribution >= 4 is 120 Å². The van der Waals surface area contributed by atoms with Crippen molar-refractivity contribution in [3.63, 3.8) is 0 Å². The van der Waals surface area contributed by atoms with Gasteiger partial charge in [-0.2, -0.15) is 0 Å². The molecule has 96 heavy (non-hydrogen) atoms. The third-order valence-electron chi connectivity index (χ3n) is 20.5. The second kappa shape index (κ2) is 20.8. The molecule has 456 valence electrons. The number of ether oxygens (including phenoxy) is 3. The molecule has 9 nitrogen and oxygen atoms in total. The summed E-state index contributed by atoms with van der Waals surface area (Å²) in [5.74, 6) is 6.88. The van der Waals surface area contributed by atoms with Gasteiger partial charge in [0.05, 0.1) is 0 Å². The van der Waals surface area contributed by atoms with Crippen molar-refractivity contribution in [2.45, 2.75) is 62.3 Å². The summed E-state index contributed by atoms with van der Waals surface area (Å²) in [5.41, 5.74) is 33.1. The first-order chi connectivity index (χ1) is 46.7. The fourth-order valence-electron chi connectivity index (χ4n) is 16.1. The summed E-state index contributed by atoms with van der Waals surface area (Å²) in [6, 6.07) is 80.3. The zero-order valence-corrected chi connectivity index (χ0v) is 54.9. The molecule has 0 atom stereocenters. The van der Waals surface area contributed by atoms with E-state index in [1.165, 1.54) is 33.4 Å². The highest BCUT2D eigenvalue weighted by Crippen LogP contribution is 2.47. The average molecular weight is 1240 g/mol. The van der Waals surface area contributed by atoms with Gasteiger partial charge in [0.2, 0.25) is 0 Å². The lowest BCUT2D eigenvalue weighted by molar-refractivity contribution is 0.486. The number of hydrogen-bond acceptors (Lipinski definition) is 9. The molecule has 0 radical (unpaired) electrons. The number of hydrogen-bond donors (Lipinski definition) is 0. The summed E-state index contributed by atoms with van der Waals surface area (Å²) in [6.45, 7) is 18.9. The van der Waals surface area contributed by atoms with Crippen LogP contribution in [0.1, 0.15) is 50.1 Å². The Bertz CT molecular complexity index is 5000. The molecule has 1 aromatic heterocycles. The molecule has 0 amide bonds. The molecule has 0 fully saturated rings. The number of aromatic nitrogens is 3. The number of nitrogens with zero attached hydrogens (tertiary/aromatic N) is 6. The van der Waals surface area contributed by atoms with Crippen LogP contribution < -0.4 is 78.1 Å². The van der Waals surface area contributed by atoms with Gasteiger partial charge in [0.25, 0.3) is 20.1 Å². The Labute approximate surface area is 560 Å². The lowest BCUT2D eigenvalue weighted by atomic mass is 9.34. The lowest BCUT2D eigenvalue weighted by Crippen LogP contribution is -2.59. The van der Waals surface area contributed by atoms with Crippen molar-refractivity contribution in [2.24, 2.45) is 0 Å². The first kappa shape index (κ1) is 56.2. The number of rotatable bonds is 6. The quantitative estimate of drug-likeness (QED) is 0.151. The van der Waals surface area contributed by atoms with E-state index in [4.69, 9.17) is 29.2 Å². The molecule has 7 heterocycles. The van der Waals surface area contributed by atoms with Crippen LogP contribution in [0.5, 0.6) is 34.5 Å². The molecule has 12 heteroatoms. The van der Waals surface area contributed by atoms with E-state index >= 15 is 0 Å².